The van der Waals surface area contributed by atoms with Gasteiger partial charge in [-0.3, -0.25) is 0 Å². The molecule has 0 aliphatic carbocycles. The number of rotatable bonds is 4. The summed E-state index contributed by atoms with van der Waals surface area (Å²) >= 11 is 12.1. The second-order valence-electron chi connectivity index (χ2n) is 4.45. The van der Waals surface area contributed by atoms with E-state index in [0.717, 1.165) is 34.1 Å². The molecular formula is C16H16Cl2O. The molecule has 1 nitrogen and oxygen atoms in total. The summed E-state index contributed by atoms with van der Waals surface area (Å²) in [5.41, 5.74) is 3.25. The van der Waals surface area contributed by atoms with E-state index in [2.05, 4.69) is 6.92 Å². The molecule has 0 spiro atoms. The van der Waals surface area contributed by atoms with Crippen LogP contribution in [-0.2, 0) is 12.3 Å². The van der Waals surface area contributed by atoms with Crippen molar-refractivity contribution < 1.29 is 4.74 Å². The summed E-state index contributed by atoms with van der Waals surface area (Å²) in [6, 6.07) is 11.7. The molecule has 0 saturated carbocycles. The number of ether oxygens (including phenoxy) is 1. The first-order valence-electron chi connectivity index (χ1n) is 6.25. The van der Waals surface area contributed by atoms with Gasteiger partial charge in [0.05, 0.1) is 5.88 Å². The standard InChI is InChI=1S/C16H16Cl2O/c1-3-12-9-14(5-6-15(12)18)19-16-7-4-11(2)8-13(16)10-17/h4-9H,3,10H2,1-2H3. The Balaban J connectivity index is 2.30. The van der Waals surface area contributed by atoms with E-state index < -0.39 is 0 Å². The first-order chi connectivity index (χ1) is 9.13. The first-order valence-corrected chi connectivity index (χ1v) is 7.17. The Morgan fingerprint density at radius 1 is 1.05 bits per heavy atom. The molecule has 0 unspecified atom stereocenters. The van der Waals surface area contributed by atoms with Gasteiger partial charge in [-0.25, -0.2) is 0 Å². The van der Waals surface area contributed by atoms with Gasteiger partial charge < -0.3 is 4.74 Å². The minimum atomic E-state index is 0.436. The van der Waals surface area contributed by atoms with Crippen LogP contribution < -0.4 is 4.74 Å². The lowest BCUT2D eigenvalue weighted by molar-refractivity contribution is 0.477. The van der Waals surface area contributed by atoms with Gasteiger partial charge in [0.2, 0.25) is 0 Å². The van der Waals surface area contributed by atoms with Crippen LogP contribution in [0.3, 0.4) is 0 Å². The average Bonchev–Trinajstić information content (AvgIpc) is 2.42. The van der Waals surface area contributed by atoms with E-state index >= 15 is 0 Å². The molecule has 0 saturated heterocycles. The summed E-state index contributed by atoms with van der Waals surface area (Å²) in [7, 11) is 0. The molecule has 2 aromatic rings. The fourth-order valence-corrected chi connectivity index (χ4v) is 2.38. The van der Waals surface area contributed by atoms with Gasteiger partial charge in [0.15, 0.2) is 0 Å². The molecule has 2 rings (SSSR count). The molecule has 19 heavy (non-hydrogen) atoms. The lowest BCUT2D eigenvalue weighted by Gasteiger charge is -2.12. The largest absolute Gasteiger partial charge is 0.457 e. The molecule has 0 atom stereocenters. The summed E-state index contributed by atoms with van der Waals surface area (Å²) in [6.07, 6.45) is 0.881. The Morgan fingerprint density at radius 2 is 1.84 bits per heavy atom. The van der Waals surface area contributed by atoms with Gasteiger partial charge in [0.25, 0.3) is 0 Å². The van der Waals surface area contributed by atoms with Crippen LogP contribution in [0.1, 0.15) is 23.6 Å². The fraction of sp³-hybridized carbons (Fsp3) is 0.250. The third-order valence-electron chi connectivity index (χ3n) is 2.99. The minimum absolute atomic E-state index is 0.436. The van der Waals surface area contributed by atoms with Crippen LogP contribution in [0.15, 0.2) is 36.4 Å². The fourth-order valence-electron chi connectivity index (χ4n) is 1.92. The van der Waals surface area contributed by atoms with Crippen molar-refractivity contribution in [2.24, 2.45) is 0 Å². The number of hydrogen-bond donors (Lipinski definition) is 0. The van der Waals surface area contributed by atoms with Crippen LogP contribution in [0.5, 0.6) is 11.5 Å². The zero-order valence-electron chi connectivity index (χ0n) is 11.0. The highest BCUT2D eigenvalue weighted by atomic mass is 35.5. The summed E-state index contributed by atoms with van der Waals surface area (Å²) in [4.78, 5) is 0. The van der Waals surface area contributed by atoms with Crippen LogP contribution in [0.2, 0.25) is 5.02 Å². The average molecular weight is 295 g/mol. The Labute approximate surface area is 124 Å². The molecule has 2 aromatic carbocycles. The highest BCUT2D eigenvalue weighted by Gasteiger charge is 2.06. The predicted molar refractivity (Wildman–Crippen MR) is 81.6 cm³/mol. The van der Waals surface area contributed by atoms with Gasteiger partial charge >= 0.3 is 0 Å². The minimum Gasteiger partial charge on any atom is -0.457 e. The maximum atomic E-state index is 6.10. The molecule has 0 amide bonds. The van der Waals surface area contributed by atoms with Gasteiger partial charge in [-0.05, 0) is 43.2 Å². The Bertz CT molecular complexity index is 579. The van der Waals surface area contributed by atoms with E-state index in [1.165, 1.54) is 5.56 Å². The molecule has 0 bridgehead atoms. The first kappa shape index (κ1) is 14.2. The summed E-state index contributed by atoms with van der Waals surface area (Å²) in [6.45, 7) is 4.11. The number of aryl methyl sites for hydroxylation is 2. The van der Waals surface area contributed by atoms with Gasteiger partial charge in [-0.2, -0.15) is 0 Å². The van der Waals surface area contributed by atoms with E-state index in [1.807, 2.05) is 43.3 Å². The zero-order chi connectivity index (χ0) is 13.8. The zero-order valence-corrected chi connectivity index (χ0v) is 12.6. The van der Waals surface area contributed by atoms with E-state index in [-0.39, 0.29) is 0 Å². The monoisotopic (exact) mass is 294 g/mol. The number of halogens is 2. The smallest absolute Gasteiger partial charge is 0.131 e. The number of hydrogen-bond acceptors (Lipinski definition) is 1. The molecule has 0 fully saturated rings. The van der Waals surface area contributed by atoms with Gasteiger partial charge in [-0.15, -0.1) is 11.6 Å². The second kappa shape index (κ2) is 6.31. The maximum absolute atomic E-state index is 6.10. The summed E-state index contributed by atoms with van der Waals surface area (Å²) in [5, 5.41) is 0.774. The number of alkyl halides is 1. The van der Waals surface area contributed by atoms with Crippen LogP contribution in [0.4, 0.5) is 0 Å². The molecule has 0 aliphatic rings. The summed E-state index contributed by atoms with van der Waals surface area (Å²) < 4.78 is 5.91. The predicted octanol–water partition coefficient (Wildman–Crippen LogP) is 5.74. The van der Waals surface area contributed by atoms with Crippen molar-refractivity contribution in [3.63, 3.8) is 0 Å². The quantitative estimate of drug-likeness (QED) is 0.653. The Kier molecular flexibility index (Phi) is 4.73. The third kappa shape index (κ3) is 3.43. The van der Waals surface area contributed by atoms with Crippen molar-refractivity contribution in [2.45, 2.75) is 26.1 Å². The lowest BCUT2D eigenvalue weighted by Crippen LogP contribution is -1.92. The second-order valence-corrected chi connectivity index (χ2v) is 5.13. The van der Waals surface area contributed by atoms with E-state index in [1.54, 1.807) is 0 Å². The molecule has 0 aliphatic heterocycles. The van der Waals surface area contributed by atoms with Gasteiger partial charge in [-0.1, -0.05) is 36.2 Å². The van der Waals surface area contributed by atoms with E-state index in [9.17, 15) is 0 Å². The van der Waals surface area contributed by atoms with Crippen LogP contribution in [0, 0.1) is 6.92 Å². The SMILES string of the molecule is CCc1cc(Oc2ccc(C)cc2CCl)ccc1Cl. The van der Waals surface area contributed by atoms with Crippen molar-refractivity contribution in [3.8, 4) is 11.5 Å². The Hall–Kier alpha value is -1.18. The van der Waals surface area contributed by atoms with Crippen molar-refractivity contribution >= 4 is 23.2 Å². The molecule has 3 heteroatoms. The van der Waals surface area contributed by atoms with Crippen molar-refractivity contribution in [1.82, 2.24) is 0 Å². The topological polar surface area (TPSA) is 9.23 Å². The van der Waals surface area contributed by atoms with Crippen molar-refractivity contribution in [3.05, 3.63) is 58.1 Å². The van der Waals surface area contributed by atoms with Crippen LogP contribution in [0.25, 0.3) is 0 Å². The molecule has 100 valence electrons. The van der Waals surface area contributed by atoms with Crippen LogP contribution in [-0.4, -0.2) is 0 Å². The molecule has 0 aromatic heterocycles. The molecule has 0 N–H and O–H groups in total. The molecular weight excluding hydrogens is 279 g/mol. The Morgan fingerprint density at radius 3 is 2.53 bits per heavy atom. The van der Waals surface area contributed by atoms with E-state index in [4.69, 9.17) is 27.9 Å². The van der Waals surface area contributed by atoms with Crippen LogP contribution >= 0.6 is 23.2 Å². The van der Waals surface area contributed by atoms with E-state index in [0.29, 0.717) is 5.88 Å². The molecule has 0 radical (unpaired) electrons. The van der Waals surface area contributed by atoms with Gasteiger partial charge in [0, 0.05) is 10.6 Å². The highest BCUT2D eigenvalue weighted by molar-refractivity contribution is 6.31. The lowest BCUT2D eigenvalue weighted by atomic mass is 10.1. The third-order valence-corrected chi connectivity index (χ3v) is 3.64. The number of benzene rings is 2. The maximum Gasteiger partial charge on any atom is 0.131 e. The van der Waals surface area contributed by atoms with Crippen molar-refractivity contribution in [1.29, 1.82) is 0 Å². The highest BCUT2D eigenvalue weighted by Crippen LogP contribution is 2.30. The van der Waals surface area contributed by atoms with Crippen molar-refractivity contribution in [2.75, 3.05) is 0 Å². The summed E-state index contributed by atoms with van der Waals surface area (Å²) in [5.74, 6) is 2.02. The van der Waals surface area contributed by atoms with Gasteiger partial charge in [0.1, 0.15) is 11.5 Å². The normalized spacial score (nSPS) is 10.5. The molecule has 0 heterocycles.